The molecule has 3 atom stereocenters. The zero-order valence-corrected chi connectivity index (χ0v) is 15.2. The fraction of sp³-hybridized carbons (Fsp3) is 1.00. The van der Waals surface area contributed by atoms with Crippen molar-refractivity contribution in [2.45, 2.75) is 91.3 Å². The van der Waals surface area contributed by atoms with Crippen molar-refractivity contribution in [3.8, 4) is 0 Å². The molecule has 0 fully saturated rings. The summed E-state index contributed by atoms with van der Waals surface area (Å²) in [4.78, 5) is 0. The maximum Gasteiger partial charge on any atom is 0.136 e. The van der Waals surface area contributed by atoms with E-state index in [0.717, 1.165) is 16.6 Å². The average Bonchev–Trinajstić information content (AvgIpc) is 2.41. The van der Waals surface area contributed by atoms with Crippen molar-refractivity contribution in [2.24, 2.45) is 0 Å². The molecule has 110 valence electrons. The molecule has 0 spiro atoms. The second-order valence-electron chi connectivity index (χ2n) is 5.99. The fourth-order valence-electron chi connectivity index (χ4n) is 4.14. The molecule has 0 aromatic heterocycles. The minimum absolute atomic E-state index is 0.905. The van der Waals surface area contributed by atoms with Crippen molar-refractivity contribution in [2.75, 3.05) is 13.1 Å². The maximum atomic E-state index is 2.89. The van der Waals surface area contributed by atoms with Crippen LogP contribution in [0, 0.1) is 0 Å². The molecule has 0 amide bonds. The van der Waals surface area contributed by atoms with Crippen LogP contribution in [-0.4, -0.2) is 25.9 Å². The van der Waals surface area contributed by atoms with Crippen LogP contribution in [0.15, 0.2) is 0 Å². The van der Waals surface area contributed by atoms with E-state index in [1.54, 1.807) is 0 Å². The highest BCUT2D eigenvalue weighted by atomic mass is 28.3. The molecule has 3 unspecified atom stereocenters. The normalized spacial score (nSPS) is 20.5. The molecule has 18 heavy (non-hydrogen) atoms. The average molecular weight is 272 g/mol. The van der Waals surface area contributed by atoms with E-state index in [9.17, 15) is 0 Å². The van der Waals surface area contributed by atoms with E-state index in [0.29, 0.717) is 0 Å². The molecule has 0 rings (SSSR count). The zero-order chi connectivity index (χ0) is 14.3. The van der Waals surface area contributed by atoms with Crippen LogP contribution in [-0.2, 0) is 0 Å². The summed E-state index contributed by atoms with van der Waals surface area (Å²) in [6, 6.07) is 0. The van der Waals surface area contributed by atoms with Gasteiger partial charge in [-0.15, -0.1) is 0 Å². The molecule has 0 N–H and O–H groups in total. The fourth-order valence-corrected chi connectivity index (χ4v) is 12.0. The highest BCUT2D eigenvalue weighted by Crippen LogP contribution is 2.48. The van der Waals surface area contributed by atoms with E-state index in [-0.39, 0.29) is 0 Å². The number of nitrogens with zero attached hydrogens (tertiary/aromatic N) is 1. The van der Waals surface area contributed by atoms with Gasteiger partial charge in [-0.3, -0.25) is 0 Å². The molecule has 0 aliphatic carbocycles. The van der Waals surface area contributed by atoms with Gasteiger partial charge in [-0.1, -0.05) is 74.7 Å². The Balaban J connectivity index is 5.67. The van der Waals surface area contributed by atoms with Gasteiger partial charge in [0.25, 0.3) is 0 Å². The molecular weight excluding hydrogens is 234 g/mol. The van der Waals surface area contributed by atoms with Crippen LogP contribution in [0.2, 0.25) is 16.6 Å². The topological polar surface area (TPSA) is 3.24 Å². The quantitative estimate of drug-likeness (QED) is 0.488. The number of hydrogen-bond acceptors (Lipinski definition) is 1. The molecule has 0 saturated carbocycles. The second kappa shape index (κ2) is 8.37. The van der Waals surface area contributed by atoms with Crippen molar-refractivity contribution in [1.82, 2.24) is 4.57 Å². The third-order valence-corrected chi connectivity index (χ3v) is 13.2. The van der Waals surface area contributed by atoms with E-state index < -0.39 is 8.24 Å². The van der Waals surface area contributed by atoms with Gasteiger partial charge in [0.1, 0.15) is 8.24 Å². The van der Waals surface area contributed by atoms with Gasteiger partial charge in [-0.05, 0) is 29.7 Å². The lowest BCUT2D eigenvalue weighted by Crippen LogP contribution is -2.61. The Kier molecular flexibility index (Phi) is 8.45. The van der Waals surface area contributed by atoms with Gasteiger partial charge in [0.15, 0.2) is 0 Å². The number of rotatable bonds is 9. The molecular formula is C16H37NSi. The van der Waals surface area contributed by atoms with E-state index in [2.05, 4.69) is 60.0 Å². The van der Waals surface area contributed by atoms with E-state index in [4.69, 9.17) is 0 Å². The third kappa shape index (κ3) is 3.19. The first-order chi connectivity index (χ1) is 8.46. The predicted molar refractivity (Wildman–Crippen MR) is 87.8 cm³/mol. The van der Waals surface area contributed by atoms with Gasteiger partial charge in [0, 0.05) is 0 Å². The van der Waals surface area contributed by atoms with E-state index in [1.807, 2.05) is 0 Å². The Labute approximate surface area is 117 Å². The van der Waals surface area contributed by atoms with Crippen LogP contribution >= 0.6 is 0 Å². The summed E-state index contributed by atoms with van der Waals surface area (Å²) in [6.45, 7) is 22.0. The molecule has 1 nitrogen and oxygen atoms in total. The van der Waals surface area contributed by atoms with Gasteiger partial charge in [0.05, 0.1) is 0 Å². The molecule has 0 bridgehead atoms. The van der Waals surface area contributed by atoms with Gasteiger partial charge in [0.2, 0.25) is 0 Å². The molecule has 0 saturated heterocycles. The number of hydrogen-bond donors (Lipinski definition) is 0. The highest BCUT2D eigenvalue weighted by molar-refractivity contribution is 6.81. The molecule has 0 heterocycles. The SMILES string of the molecule is CCC(C)[Si](C(C)CC)(C(C)CC)N(CC)CC. The second-order valence-corrected chi connectivity index (χ2v) is 11.4. The van der Waals surface area contributed by atoms with Crippen molar-refractivity contribution in [3.05, 3.63) is 0 Å². The molecule has 0 aliphatic heterocycles. The van der Waals surface area contributed by atoms with Crippen LogP contribution < -0.4 is 0 Å². The summed E-state index contributed by atoms with van der Waals surface area (Å²) in [5.41, 5.74) is 2.71. The van der Waals surface area contributed by atoms with Crippen molar-refractivity contribution < 1.29 is 0 Å². The summed E-state index contributed by atoms with van der Waals surface area (Å²) in [5.74, 6) is 0. The lowest BCUT2D eigenvalue weighted by atomic mass is 10.3. The highest BCUT2D eigenvalue weighted by Gasteiger charge is 2.49. The van der Waals surface area contributed by atoms with Crippen LogP contribution in [0.5, 0.6) is 0 Å². The first kappa shape index (κ1) is 18.2. The van der Waals surface area contributed by atoms with Gasteiger partial charge < -0.3 is 4.57 Å². The van der Waals surface area contributed by atoms with Crippen LogP contribution in [0.25, 0.3) is 0 Å². The van der Waals surface area contributed by atoms with Gasteiger partial charge in [-0.2, -0.15) is 0 Å². The first-order valence-corrected chi connectivity index (χ1v) is 10.4. The molecule has 0 aromatic rings. The monoisotopic (exact) mass is 271 g/mol. The van der Waals surface area contributed by atoms with Gasteiger partial charge in [-0.25, -0.2) is 0 Å². The standard InChI is InChI=1S/C16H37NSi/c1-9-14(6)18(15(7)10-2,16(8)11-3)17(12-4)13-5/h14-16H,9-13H2,1-8H3. The zero-order valence-electron chi connectivity index (χ0n) is 14.2. The Morgan fingerprint density at radius 3 is 1.11 bits per heavy atom. The minimum Gasteiger partial charge on any atom is -0.323 e. The summed E-state index contributed by atoms with van der Waals surface area (Å²) in [5, 5.41) is 0. The van der Waals surface area contributed by atoms with Crippen LogP contribution in [0.1, 0.15) is 74.7 Å². The summed E-state index contributed by atoms with van der Waals surface area (Å²) in [7, 11) is -1.40. The molecule has 0 aliphatic rings. The smallest absolute Gasteiger partial charge is 0.136 e. The van der Waals surface area contributed by atoms with Crippen molar-refractivity contribution >= 4 is 8.24 Å². The minimum atomic E-state index is -1.40. The van der Waals surface area contributed by atoms with Crippen LogP contribution in [0.4, 0.5) is 0 Å². The lowest BCUT2D eigenvalue weighted by Gasteiger charge is -2.53. The lowest BCUT2D eigenvalue weighted by molar-refractivity contribution is 0.412. The Hall–Kier alpha value is 0.177. The third-order valence-electron chi connectivity index (χ3n) is 5.52. The van der Waals surface area contributed by atoms with E-state index >= 15 is 0 Å². The maximum absolute atomic E-state index is 2.89. The first-order valence-electron chi connectivity index (χ1n) is 8.21. The van der Waals surface area contributed by atoms with Crippen molar-refractivity contribution in [1.29, 1.82) is 0 Å². The molecule has 0 radical (unpaired) electrons. The predicted octanol–water partition coefficient (Wildman–Crippen LogP) is 5.67. The summed E-state index contributed by atoms with van der Waals surface area (Å²) < 4.78 is 2.89. The molecule has 2 heteroatoms. The largest absolute Gasteiger partial charge is 0.323 e. The Morgan fingerprint density at radius 1 is 0.667 bits per heavy atom. The Morgan fingerprint density at radius 2 is 0.944 bits per heavy atom. The molecule has 0 aromatic carbocycles. The van der Waals surface area contributed by atoms with E-state index in [1.165, 1.54) is 32.4 Å². The van der Waals surface area contributed by atoms with Gasteiger partial charge >= 0.3 is 0 Å². The summed E-state index contributed by atoms with van der Waals surface area (Å²) in [6.07, 6.45) is 4.03. The summed E-state index contributed by atoms with van der Waals surface area (Å²) >= 11 is 0. The Bertz CT molecular complexity index is 187. The van der Waals surface area contributed by atoms with Crippen LogP contribution in [0.3, 0.4) is 0 Å². The van der Waals surface area contributed by atoms with Crippen molar-refractivity contribution in [3.63, 3.8) is 0 Å².